The first-order chi connectivity index (χ1) is 11.5. The maximum absolute atomic E-state index is 12.0. The second-order valence-electron chi connectivity index (χ2n) is 5.26. The van der Waals surface area contributed by atoms with Crippen LogP contribution < -0.4 is 10.3 Å². The van der Waals surface area contributed by atoms with Crippen LogP contribution in [0.15, 0.2) is 47.4 Å². The Bertz CT molecular complexity index is 917. The zero-order valence-corrected chi connectivity index (χ0v) is 14.1. The zero-order chi connectivity index (χ0) is 17.1. The molecule has 24 heavy (non-hydrogen) atoms. The molecule has 2 heterocycles. The highest BCUT2D eigenvalue weighted by Crippen LogP contribution is 2.14. The summed E-state index contributed by atoms with van der Waals surface area (Å²) < 4.78 is 12.2. The van der Waals surface area contributed by atoms with Gasteiger partial charge in [-0.15, -0.1) is 11.3 Å². The van der Waals surface area contributed by atoms with E-state index in [0.29, 0.717) is 16.4 Å². The van der Waals surface area contributed by atoms with Crippen molar-refractivity contribution >= 4 is 22.3 Å². The first kappa shape index (κ1) is 16.2. The summed E-state index contributed by atoms with van der Waals surface area (Å²) in [7, 11) is 0. The first-order valence-corrected chi connectivity index (χ1v) is 8.21. The van der Waals surface area contributed by atoms with Crippen molar-refractivity contribution in [2.24, 2.45) is 0 Å². The molecule has 0 N–H and O–H groups in total. The highest BCUT2D eigenvalue weighted by atomic mass is 32.1. The highest BCUT2D eigenvalue weighted by molar-refractivity contribution is 7.16. The van der Waals surface area contributed by atoms with Crippen LogP contribution in [0.5, 0.6) is 5.75 Å². The molecule has 1 atom stereocenters. The Kier molecular flexibility index (Phi) is 4.61. The van der Waals surface area contributed by atoms with Crippen molar-refractivity contribution < 1.29 is 14.3 Å². The fraction of sp³-hybridized carbons (Fsp3) is 0.235. The number of ether oxygens (including phenoxy) is 2. The molecule has 2 aromatic heterocycles. The Labute approximate surface area is 142 Å². The summed E-state index contributed by atoms with van der Waals surface area (Å²) in [5, 5.41) is 0. The summed E-state index contributed by atoms with van der Waals surface area (Å²) in [6.45, 7) is 3.45. The molecule has 0 bridgehead atoms. The van der Waals surface area contributed by atoms with E-state index in [4.69, 9.17) is 9.47 Å². The Hall–Kier alpha value is -2.67. The van der Waals surface area contributed by atoms with E-state index in [0.717, 1.165) is 4.88 Å². The topological polar surface area (TPSA) is 69.9 Å². The lowest BCUT2D eigenvalue weighted by molar-refractivity contribution is -0.152. The number of nitrogens with zero attached hydrogens (tertiary/aromatic N) is 2. The predicted molar refractivity (Wildman–Crippen MR) is 90.4 cm³/mol. The van der Waals surface area contributed by atoms with E-state index in [1.165, 1.54) is 21.8 Å². The minimum absolute atomic E-state index is 0.0655. The minimum atomic E-state index is -0.749. The fourth-order valence-electron chi connectivity index (χ4n) is 2.15. The van der Waals surface area contributed by atoms with Crippen LogP contribution >= 0.6 is 11.3 Å². The Morgan fingerprint density at radius 1 is 1.33 bits per heavy atom. The van der Waals surface area contributed by atoms with Crippen molar-refractivity contribution in [3.63, 3.8) is 0 Å². The molecule has 0 aliphatic rings. The van der Waals surface area contributed by atoms with E-state index in [2.05, 4.69) is 4.98 Å². The van der Waals surface area contributed by atoms with Crippen molar-refractivity contribution in [2.45, 2.75) is 26.6 Å². The van der Waals surface area contributed by atoms with Crippen LogP contribution in [0, 0.1) is 6.92 Å². The van der Waals surface area contributed by atoms with Gasteiger partial charge in [0.15, 0.2) is 11.1 Å². The average Bonchev–Trinajstić information content (AvgIpc) is 2.94. The maximum Gasteiger partial charge on any atom is 0.347 e. The summed E-state index contributed by atoms with van der Waals surface area (Å²) in [4.78, 5) is 29.9. The van der Waals surface area contributed by atoms with Gasteiger partial charge in [-0.05, 0) is 26.0 Å². The number of para-hydroxylation sites is 1. The molecule has 3 rings (SSSR count). The minimum Gasteiger partial charge on any atom is -0.479 e. The van der Waals surface area contributed by atoms with E-state index in [-0.39, 0.29) is 12.2 Å². The molecule has 0 aliphatic heterocycles. The first-order valence-electron chi connectivity index (χ1n) is 7.40. The molecule has 0 unspecified atom stereocenters. The van der Waals surface area contributed by atoms with Gasteiger partial charge in [0.25, 0.3) is 5.56 Å². The number of aromatic nitrogens is 2. The molecule has 0 radical (unpaired) electrons. The quantitative estimate of drug-likeness (QED) is 0.665. The van der Waals surface area contributed by atoms with Crippen LogP contribution in [0.25, 0.3) is 4.96 Å². The number of rotatable bonds is 5. The van der Waals surface area contributed by atoms with E-state index in [9.17, 15) is 9.59 Å². The van der Waals surface area contributed by atoms with Gasteiger partial charge in [-0.25, -0.2) is 9.78 Å². The largest absolute Gasteiger partial charge is 0.479 e. The number of esters is 1. The molecular weight excluding hydrogens is 328 g/mol. The maximum atomic E-state index is 12.0. The standard InChI is InChI=1S/C17H16N2O4S/c1-11-9-19-15(20)8-13(18-17(19)24-11)10-22-16(21)12(2)23-14-6-4-3-5-7-14/h3-9,12H,10H2,1-2H3/t12-/m1/s1. The third kappa shape index (κ3) is 3.62. The average molecular weight is 344 g/mol. The van der Waals surface area contributed by atoms with Gasteiger partial charge in [-0.2, -0.15) is 0 Å². The van der Waals surface area contributed by atoms with Crippen LogP contribution in [0.2, 0.25) is 0 Å². The molecule has 1 aromatic carbocycles. The number of benzene rings is 1. The van der Waals surface area contributed by atoms with Crippen molar-refractivity contribution in [3.8, 4) is 5.75 Å². The molecule has 0 amide bonds. The predicted octanol–water partition coefficient (Wildman–Crippen LogP) is 2.58. The summed E-state index contributed by atoms with van der Waals surface area (Å²) in [5.41, 5.74) is 0.228. The van der Waals surface area contributed by atoms with Crippen LogP contribution in [0.4, 0.5) is 0 Å². The van der Waals surface area contributed by atoms with Crippen LogP contribution in [0.1, 0.15) is 17.5 Å². The third-order valence-electron chi connectivity index (χ3n) is 3.29. The molecule has 0 aliphatic carbocycles. The van der Waals surface area contributed by atoms with Crippen molar-refractivity contribution in [3.05, 3.63) is 63.5 Å². The number of hydrogen-bond acceptors (Lipinski definition) is 6. The second kappa shape index (κ2) is 6.84. The zero-order valence-electron chi connectivity index (χ0n) is 13.3. The van der Waals surface area contributed by atoms with Gasteiger partial charge in [-0.1, -0.05) is 18.2 Å². The van der Waals surface area contributed by atoms with Crippen LogP contribution in [0.3, 0.4) is 0 Å². The van der Waals surface area contributed by atoms with Gasteiger partial charge in [0.05, 0.1) is 5.69 Å². The van der Waals surface area contributed by atoms with Crippen LogP contribution in [-0.2, 0) is 16.1 Å². The molecule has 0 fully saturated rings. The number of aryl methyl sites for hydroxylation is 1. The SMILES string of the molecule is Cc1cn2c(=O)cc(COC(=O)[C@@H](C)Oc3ccccc3)nc2s1. The normalized spacial score (nSPS) is 12.1. The third-order valence-corrected chi connectivity index (χ3v) is 4.18. The van der Waals surface area contributed by atoms with E-state index >= 15 is 0 Å². The van der Waals surface area contributed by atoms with Gasteiger partial charge in [0.2, 0.25) is 0 Å². The highest BCUT2D eigenvalue weighted by Gasteiger charge is 2.17. The number of carbonyl (C=O) groups excluding carboxylic acids is 1. The molecular formula is C17H16N2O4S. The molecule has 0 saturated carbocycles. The Balaban J connectivity index is 1.64. The lowest BCUT2D eigenvalue weighted by atomic mass is 10.3. The molecule has 6 nitrogen and oxygen atoms in total. The van der Waals surface area contributed by atoms with E-state index in [1.807, 2.05) is 25.1 Å². The lowest BCUT2D eigenvalue weighted by Gasteiger charge is -2.13. The lowest BCUT2D eigenvalue weighted by Crippen LogP contribution is -2.26. The van der Waals surface area contributed by atoms with Gasteiger partial charge < -0.3 is 9.47 Å². The summed E-state index contributed by atoms with van der Waals surface area (Å²) in [5.74, 6) is 0.0806. The van der Waals surface area contributed by atoms with Crippen molar-refractivity contribution in [1.29, 1.82) is 0 Å². The van der Waals surface area contributed by atoms with E-state index in [1.54, 1.807) is 25.3 Å². The van der Waals surface area contributed by atoms with E-state index < -0.39 is 12.1 Å². The number of carbonyl (C=O) groups is 1. The molecule has 124 valence electrons. The Morgan fingerprint density at radius 3 is 2.83 bits per heavy atom. The van der Waals surface area contributed by atoms with Crippen molar-refractivity contribution in [2.75, 3.05) is 0 Å². The van der Waals surface area contributed by atoms with Crippen LogP contribution in [-0.4, -0.2) is 21.5 Å². The monoisotopic (exact) mass is 344 g/mol. The van der Waals surface area contributed by atoms with Gasteiger partial charge >= 0.3 is 5.97 Å². The van der Waals surface area contributed by atoms with Gasteiger partial charge in [0, 0.05) is 17.1 Å². The molecule has 0 spiro atoms. The second-order valence-corrected chi connectivity index (χ2v) is 6.47. The summed E-state index contributed by atoms with van der Waals surface area (Å²) in [6.07, 6.45) is 0.988. The van der Waals surface area contributed by atoms with Gasteiger partial charge in [-0.3, -0.25) is 9.20 Å². The number of thiazole rings is 1. The Morgan fingerprint density at radius 2 is 2.08 bits per heavy atom. The fourth-order valence-corrected chi connectivity index (χ4v) is 3.00. The molecule has 3 aromatic rings. The number of hydrogen-bond donors (Lipinski definition) is 0. The summed E-state index contributed by atoms with van der Waals surface area (Å²) in [6, 6.07) is 10.4. The number of fused-ring (bicyclic) bond motifs is 1. The van der Waals surface area contributed by atoms with Crippen molar-refractivity contribution in [1.82, 2.24) is 9.38 Å². The van der Waals surface area contributed by atoms with Gasteiger partial charge in [0.1, 0.15) is 12.4 Å². The summed E-state index contributed by atoms with van der Waals surface area (Å²) >= 11 is 1.41. The molecule has 0 saturated heterocycles. The smallest absolute Gasteiger partial charge is 0.347 e. The molecule has 7 heteroatoms.